The monoisotopic (exact) mass is 474 g/mol. The Morgan fingerprint density at radius 1 is 0.514 bits per heavy atom. The molecule has 0 aliphatic rings. The van der Waals surface area contributed by atoms with Crippen LogP contribution < -0.4 is 0 Å². The highest BCUT2D eigenvalue weighted by molar-refractivity contribution is 6.09. The minimum atomic E-state index is 0.263. The van der Waals surface area contributed by atoms with Crippen molar-refractivity contribution >= 4 is 32.7 Å². The zero-order valence-electron chi connectivity index (χ0n) is 20.7. The molecule has 0 bridgehead atoms. The second-order valence-electron chi connectivity index (χ2n) is 9.77. The van der Waals surface area contributed by atoms with Crippen LogP contribution in [0.25, 0.3) is 55.0 Å². The highest BCUT2D eigenvalue weighted by Crippen LogP contribution is 2.38. The SMILES string of the molecule is CC(c1ccc(-c2cccc3c2oc2ccccc23)cc1)c1ccccc1-c1ccc2ccccc2c1. The molecule has 7 rings (SSSR count). The van der Waals surface area contributed by atoms with Crippen LogP contribution in [0.3, 0.4) is 0 Å². The van der Waals surface area contributed by atoms with E-state index in [4.69, 9.17) is 4.42 Å². The van der Waals surface area contributed by atoms with Crippen molar-refractivity contribution in [2.75, 3.05) is 0 Å². The van der Waals surface area contributed by atoms with Gasteiger partial charge >= 0.3 is 0 Å². The molecule has 176 valence electrons. The summed E-state index contributed by atoms with van der Waals surface area (Å²) in [6.45, 7) is 2.30. The van der Waals surface area contributed by atoms with Gasteiger partial charge < -0.3 is 4.42 Å². The molecule has 1 unspecified atom stereocenters. The largest absolute Gasteiger partial charge is 0.455 e. The summed E-state index contributed by atoms with van der Waals surface area (Å²) in [5.74, 6) is 0.263. The average molecular weight is 475 g/mol. The van der Waals surface area contributed by atoms with Gasteiger partial charge in [-0.15, -0.1) is 0 Å². The molecule has 0 radical (unpaired) electrons. The molecule has 1 aromatic heterocycles. The summed E-state index contributed by atoms with van der Waals surface area (Å²) in [5, 5.41) is 4.86. The normalized spacial score (nSPS) is 12.4. The molecule has 1 atom stereocenters. The van der Waals surface area contributed by atoms with Crippen molar-refractivity contribution in [1.82, 2.24) is 0 Å². The summed E-state index contributed by atoms with van der Waals surface area (Å²) in [4.78, 5) is 0. The van der Waals surface area contributed by atoms with Gasteiger partial charge in [-0.3, -0.25) is 0 Å². The Kier molecular flexibility index (Phi) is 5.15. The maximum Gasteiger partial charge on any atom is 0.143 e. The van der Waals surface area contributed by atoms with Gasteiger partial charge in [-0.2, -0.15) is 0 Å². The van der Waals surface area contributed by atoms with Gasteiger partial charge in [-0.25, -0.2) is 0 Å². The predicted octanol–water partition coefficient (Wildman–Crippen LogP) is 10.2. The molecule has 1 heterocycles. The molecule has 0 saturated carbocycles. The maximum atomic E-state index is 6.28. The van der Waals surface area contributed by atoms with E-state index in [9.17, 15) is 0 Å². The van der Waals surface area contributed by atoms with E-state index in [0.29, 0.717) is 0 Å². The van der Waals surface area contributed by atoms with Crippen molar-refractivity contribution in [3.05, 3.63) is 145 Å². The summed E-state index contributed by atoms with van der Waals surface area (Å²) in [6, 6.07) is 47.8. The molecule has 0 aliphatic carbocycles. The van der Waals surface area contributed by atoms with E-state index in [1.165, 1.54) is 38.6 Å². The lowest BCUT2D eigenvalue weighted by molar-refractivity contribution is 0.670. The number of hydrogen-bond acceptors (Lipinski definition) is 1. The van der Waals surface area contributed by atoms with Crippen LogP contribution in [0.1, 0.15) is 24.0 Å². The van der Waals surface area contributed by atoms with Gasteiger partial charge in [-0.05, 0) is 50.7 Å². The lowest BCUT2D eigenvalue weighted by Gasteiger charge is -2.18. The van der Waals surface area contributed by atoms with E-state index >= 15 is 0 Å². The molecule has 7 aromatic rings. The van der Waals surface area contributed by atoms with Crippen molar-refractivity contribution in [1.29, 1.82) is 0 Å². The second kappa shape index (κ2) is 8.80. The van der Waals surface area contributed by atoms with Crippen molar-refractivity contribution in [3.8, 4) is 22.3 Å². The number of hydrogen-bond donors (Lipinski definition) is 0. The van der Waals surface area contributed by atoms with E-state index in [-0.39, 0.29) is 5.92 Å². The van der Waals surface area contributed by atoms with Crippen LogP contribution in [-0.4, -0.2) is 0 Å². The number of furan rings is 1. The summed E-state index contributed by atoms with van der Waals surface area (Å²) in [7, 11) is 0. The van der Waals surface area contributed by atoms with Crippen LogP contribution in [0, 0.1) is 0 Å². The maximum absolute atomic E-state index is 6.28. The summed E-state index contributed by atoms with van der Waals surface area (Å²) >= 11 is 0. The first-order valence-electron chi connectivity index (χ1n) is 12.8. The molecule has 0 fully saturated rings. The van der Waals surface area contributed by atoms with Crippen LogP contribution in [-0.2, 0) is 0 Å². The molecule has 0 amide bonds. The molecule has 0 aliphatic heterocycles. The van der Waals surface area contributed by atoms with Crippen LogP contribution in [0.4, 0.5) is 0 Å². The van der Waals surface area contributed by atoms with E-state index < -0.39 is 0 Å². The lowest BCUT2D eigenvalue weighted by Crippen LogP contribution is -1.99. The van der Waals surface area contributed by atoms with Crippen molar-refractivity contribution < 1.29 is 4.42 Å². The fourth-order valence-electron chi connectivity index (χ4n) is 5.60. The molecule has 0 N–H and O–H groups in total. The van der Waals surface area contributed by atoms with Crippen molar-refractivity contribution in [3.63, 3.8) is 0 Å². The Bertz CT molecular complexity index is 1890. The molecule has 0 spiro atoms. The standard InChI is InChI=1S/C36H26O/c1-24(30-11-4-5-12-31(30)29-22-19-26-9-2-3-10-28(26)23-29)25-17-20-27(21-18-25)32-14-8-15-34-33-13-6-7-16-35(33)37-36(32)34/h2-24H,1H3. The van der Waals surface area contributed by atoms with Gasteiger partial charge in [0.1, 0.15) is 11.2 Å². The third-order valence-corrected chi connectivity index (χ3v) is 7.61. The van der Waals surface area contributed by atoms with E-state index in [0.717, 1.165) is 27.5 Å². The average Bonchev–Trinajstić information content (AvgIpc) is 3.36. The number of rotatable bonds is 4. The molecule has 1 heteroatoms. The van der Waals surface area contributed by atoms with E-state index in [1.54, 1.807) is 0 Å². The number of para-hydroxylation sites is 2. The number of benzene rings is 6. The van der Waals surface area contributed by atoms with Crippen LogP contribution in [0.15, 0.2) is 138 Å². The van der Waals surface area contributed by atoms with Crippen LogP contribution in [0.5, 0.6) is 0 Å². The van der Waals surface area contributed by atoms with Gasteiger partial charge in [0.2, 0.25) is 0 Å². The Balaban J connectivity index is 1.26. The fourth-order valence-corrected chi connectivity index (χ4v) is 5.60. The smallest absolute Gasteiger partial charge is 0.143 e. The quantitative estimate of drug-likeness (QED) is 0.247. The minimum absolute atomic E-state index is 0.263. The van der Waals surface area contributed by atoms with Gasteiger partial charge in [0.05, 0.1) is 0 Å². The zero-order valence-corrected chi connectivity index (χ0v) is 20.7. The van der Waals surface area contributed by atoms with Gasteiger partial charge in [0.15, 0.2) is 0 Å². The first-order chi connectivity index (χ1) is 18.3. The summed E-state index contributed by atoms with van der Waals surface area (Å²) < 4.78 is 6.28. The third-order valence-electron chi connectivity index (χ3n) is 7.61. The summed E-state index contributed by atoms with van der Waals surface area (Å²) in [5.41, 5.74) is 9.37. The zero-order chi connectivity index (χ0) is 24.8. The van der Waals surface area contributed by atoms with Gasteiger partial charge in [0, 0.05) is 22.3 Å². The van der Waals surface area contributed by atoms with Crippen LogP contribution >= 0.6 is 0 Å². The Morgan fingerprint density at radius 3 is 2.08 bits per heavy atom. The Labute approximate surface area is 216 Å². The van der Waals surface area contributed by atoms with Crippen molar-refractivity contribution in [2.45, 2.75) is 12.8 Å². The predicted molar refractivity (Wildman–Crippen MR) is 156 cm³/mol. The highest BCUT2D eigenvalue weighted by atomic mass is 16.3. The molecular formula is C36H26O. The molecule has 0 saturated heterocycles. The lowest BCUT2D eigenvalue weighted by atomic mass is 9.86. The van der Waals surface area contributed by atoms with Crippen molar-refractivity contribution in [2.24, 2.45) is 0 Å². The van der Waals surface area contributed by atoms with Gasteiger partial charge in [-0.1, -0.05) is 128 Å². The molecule has 6 aromatic carbocycles. The fraction of sp³-hybridized carbons (Fsp3) is 0.0556. The summed E-state index contributed by atoms with van der Waals surface area (Å²) in [6.07, 6.45) is 0. The first kappa shape index (κ1) is 21.6. The van der Waals surface area contributed by atoms with E-state index in [1.807, 2.05) is 12.1 Å². The first-order valence-corrected chi connectivity index (χ1v) is 12.8. The Hall–Kier alpha value is -4.62. The Morgan fingerprint density at radius 2 is 1.19 bits per heavy atom. The number of fused-ring (bicyclic) bond motifs is 4. The highest BCUT2D eigenvalue weighted by Gasteiger charge is 2.16. The van der Waals surface area contributed by atoms with Gasteiger partial charge in [0.25, 0.3) is 0 Å². The molecule has 1 nitrogen and oxygen atoms in total. The van der Waals surface area contributed by atoms with Crippen LogP contribution in [0.2, 0.25) is 0 Å². The topological polar surface area (TPSA) is 13.1 Å². The minimum Gasteiger partial charge on any atom is -0.455 e. The van der Waals surface area contributed by atoms with E-state index in [2.05, 4.69) is 128 Å². The third kappa shape index (κ3) is 3.72. The molecule has 37 heavy (non-hydrogen) atoms. The molecular weight excluding hydrogens is 448 g/mol. The second-order valence-corrected chi connectivity index (χ2v) is 9.77.